The molecule has 0 aliphatic carbocycles. The fourth-order valence-corrected chi connectivity index (χ4v) is 15.1. The van der Waals surface area contributed by atoms with Crippen LogP contribution in [0.25, 0.3) is 11.1 Å². The number of alkyl halides is 3. The number of nitrogens with zero attached hydrogens (tertiary/aromatic N) is 2. The largest absolute Gasteiger partial charge is 0.501 e. The zero-order valence-corrected chi connectivity index (χ0v) is 50.0. The average molecular weight is 1190 g/mol. The molecule has 430 valence electrons. The minimum atomic E-state index is -6.02. The first-order chi connectivity index (χ1) is 37.2. The molecule has 12 nitrogen and oxygen atoms in total. The number of Topliss-reactive ketones (excluding diaryl/α,β-unsaturated/α-hetero) is 1. The van der Waals surface area contributed by atoms with Crippen molar-refractivity contribution >= 4 is 62.1 Å². The predicted octanol–water partition coefficient (Wildman–Crippen LogP) is 14.2. The van der Waals surface area contributed by atoms with Crippen LogP contribution in [-0.4, -0.2) is 108 Å². The zero-order valence-electron chi connectivity index (χ0n) is 45.9. The Kier molecular flexibility index (Phi) is 20.9. The van der Waals surface area contributed by atoms with E-state index >= 15 is 0 Å². The van der Waals surface area contributed by atoms with Gasteiger partial charge < -0.3 is 18.9 Å². The molecule has 0 N–H and O–H groups in total. The molecule has 0 aromatic heterocycles. The second-order valence-corrected chi connectivity index (χ2v) is 30.4. The Morgan fingerprint density at radius 2 is 1.51 bits per heavy atom. The van der Waals surface area contributed by atoms with Gasteiger partial charge in [-0.1, -0.05) is 79.2 Å². The summed E-state index contributed by atoms with van der Waals surface area (Å²) in [6.07, 6.45) is 2.17. The van der Waals surface area contributed by atoms with Crippen LogP contribution in [0, 0.1) is 11.8 Å². The standard InChI is InChI=1S/C59H73ClF3N2O10PS3/c1-8-48-38-72-35-34-65(48)31-28-42(39-77-50-14-10-9-11-15-50)36-46-22-27-51(37-55(46)79(70,71)59(61,62)63)78(68,69)40-54(66)44-20-25-49(26-21-44)64-32-29-45(30-33-64)56(73-41-74-76(67,58(5,6)7)75-57(2,3)4)53-17-13-12-16-52(53)43-18-23-47(60)24-19-43/h9-27,37,42,45,48,56H,8,28-36,38-41H2,1-7H3/t42-,48-,56+,76?/m0/s1. The Hall–Kier alpha value is -4.07. The van der Waals surface area contributed by atoms with Crippen LogP contribution in [-0.2, 0) is 49.2 Å². The van der Waals surface area contributed by atoms with Gasteiger partial charge in [0.1, 0.15) is 5.75 Å². The lowest BCUT2D eigenvalue weighted by Crippen LogP contribution is -2.45. The first-order valence-electron chi connectivity index (χ1n) is 26.6. The number of piperidine rings is 1. The van der Waals surface area contributed by atoms with Crippen LogP contribution in [0.1, 0.15) is 102 Å². The maximum atomic E-state index is 14.4. The highest BCUT2D eigenvalue weighted by Crippen LogP contribution is 2.62. The van der Waals surface area contributed by atoms with Gasteiger partial charge in [-0.2, -0.15) is 13.2 Å². The van der Waals surface area contributed by atoms with Crippen LogP contribution >= 0.6 is 31.0 Å². The molecule has 0 spiro atoms. The topological polar surface area (TPSA) is 146 Å². The first kappa shape index (κ1) is 62.5. The maximum absolute atomic E-state index is 14.4. The molecule has 79 heavy (non-hydrogen) atoms. The number of sulfone groups is 2. The molecule has 5 aromatic carbocycles. The maximum Gasteiger partial charge on any atom is 0.501 e. The van der Waals surface area contributed by atoms with Gasteiger partial charge in [0.25, 0.3) is 9.84 Å². The van der Waals surface area contributed by atoms with Crippen molar-refractivity contribution in [2.24, 2.45) is 11.8 Å². The summed E-state index contributed by atoms with van der Waals surface area (Å²) < 4.78 is 136. The summed E-state index contributed by atoms with van der Waals surface area (Å²) in [6, 6.07) is 34.4. The molecular formula is C59H73ClF3N2O10PS3. The lowest BCUT2D eigenvalue weighted by atomic mass is 9.84. The van der Waals surface area contributed by atoms with Gasteiger partial charge in [-0.05, 0) is 175 Å². The molecule has 2 aliphatic rings. The smallest absolute Gasteiger partial charge is 0.378 e. The van der Waals surface area contributed by atoms with Gasteiger partial charge in [-0.3, -0.25) is 18.8 Å². The summed E-state index contributed by atoms with van der Waals surface area (Å²) >= 11 is 7.78. The average Bonchev–Trinajstić information content (AvgIpc) is 3.44. The van der Waals surface area contributed by atoms with E-state index in [-0.39, 0.29) is 42.2 Å². The van der Waals surface area contributed by atoms with E-state index < -0.39 is 71.0 Å². The Balaban J connectivity index is 1.06. The van der Waals surface area contributed by atoms with Gasteiger partial charge in [-0.25, -0.2) is 16.8 Å². The monoisotopic (exact) mass is 1190 g/mol. The van der Waals surface area contributed by atoms with Crippen LogP contribution in [0.4, 0.5) is 18.9 Å². The number of carbonyl (C=O) groups excluding carboxylic acids is 1. The second-order valence-electron chi connectivity index (χ2n) is 22.2. The molecule has 5 aromatic rings. The Morgan fingerprint density at radius 1 is 0.848 bits per heavy atom. The number of hydrogen-bond donors (Lipinski definition) is 0. The summed E-state index contributed by atoms with van der Waals surface area (Å²) in [5, 5.41) is -0.234. The van der Waals surface area contributed by atoms with E-state index in [0.717, 1.165) is 45.8 Å². The van der Waals surface area contributed by atoms with Gasteiger partial charge in [0.2, 0.25) is 0 Å². The number of hydrogen-bond acceptors (Lipinski definition) is 13. The van der Waals surface area contributed by atoms with Gasteiger partial charge in [0.05, 0.1) is 39.9 Å². The number of morpholine rings is 1. The van der Waals surface area contributed by atoms with Crippen LogP contribution in [0.15, 0.2) is 136 Å². The molecule has 2 heterocycles. The van der Waals surface area contributed by atoms with Gasteiger partial charge >= 0.3 is 13.1 Å². The quantitative estimate of drug-likeness (QED) is 0.0265. The minimum Gasteiger partial charge on any atom is -0.378 e. The van der Waals surface area contributed by atoms with E-state index in [4.69, 9.17) is 30.1 Å². The third-order valence-electron chi connectivity index (χ3n) is 14.3. The molecule has 1 unspecified atom stereocenters. The molecular weight excluding hydrogens is 1120 g/mol. The molecule has 2 saturated heterocycles. The van der Waals surface area contributed by atoms with Gasteiger partial charge in [0, 0.05) is 52.6 Å². The molecule has 0 bridgehead atoms. The highest BCUT2D eigenvalue weighted by Gasteiger charge is 2.49. The molecule has 2 aliphatic heterocycles. The van der Waals surface area contributed by atoms with Crippen LogP contribution in [0.5, 0.6) is 0 Å². The molecule has 2 fully saturated rings. The lowest BCUT2D eigenvalue weighted by molar-refractivity contribution is -0.0773. The fourth-order valence-electron chi connectivity index (χ4n) is 9.93. The summed E-state index contributed by atoms with van der Waals surface area (Å²) in [5.74, 6) is -1.76. The van der Waals surface area contributed by atoms with Crippen molar-refractivity contribution in [2.45, 2.75) is 124 Å². The second kappa shape index (κ2) is 26.4. The van der Waals surface area contributed by atoms with Crippen molar-refractivity contribution < 1.29 is 57.9 Å². The molecule has 4 atom stereocenters. The van der Waals surface area contributed by atoms with E-state index in [1.54, 1.807) is 32.9 Å². The normalized spacial score (nSPS) is 18.0. The highest BCUT2D eigenvalue weighted by molar-refractivity contribution is 7.99. The third-order valence-corrected chi connectivity index (χ3v) is 21.9. The van der Waals surface area contributed by atoms with E-state index in [9.17, 15) is 39.4 Å². The number of halogens is 4. The van der Waals surface area contributed by atoms with E-state index in [0.29, 0.717) is 75.5 Å². The van der Waals surface area contributed by atoms with Gasteiger partial charge in [-0.15, -0.1) is 11.8 Å². The number of thioether (sulfide) groups is 1. The SMILES string of the molecule is CC[C@H]1COCCN1CC[C@H](CSc1ccccc1)Cc1ccc(S(=O)(=O)CC(=O)c2ccc(N3CCC([C@@H](OCOP(=O)(OC(C)(C)C)C(C)(C)C)c4ccccc4-c4ccc(Cl)cc4)CC3)cc2)cc1S(=O)(=O)C(F)(F)F. The third kappa shape index (κ3) is 16.4. The number of ether oxygens (including phenoxy) is 2. The van der Waals surface area contributed by atoms with Crippen LogP contribution < -0.4 is 4.90 Å². The predicted molar refractivity (Wildman–Crippen MR) is 308 cm³/mol. The molecule has 0 amide bonds. The molecule has 20 heteroatoms. The number of ketones is 1. The molecule has 0 radical (unpaired) electrons. The molecule has 7 rings (SSSR count). The van der Waals surface area contributed by atoms with E-state index in [2.05, 4.69) is 16.7 Å². The number of benzene rings is 5. The number of carbonyl (C=O) groups is 1. The van der Waals surface area contributed by atoms with Crippen molar-refractivity contribution in [1.29, 1.82) is 0 Å². The van der Waals surface area contributed by atoms with Crippen molar-refractivity contribution in [3.8, 4) is 11.1 Å². The number of rotatable bonds is 23. The van der Waals surface area contributed by atoms with E-state index in [1.165, 1.54) is 23.9 Å². The summed E-state index contributed by atoms with van der Waals surface area (Å²) in [6.45, 7) is 16.3. The summed E-state index contributed by atoms with van der Waals surface area (Å²) in [4.78, 5) is 17.3. The lowest BCUT2D eigenvalue weighted by Gasteiger charge is -2.39. The first-order valence-corrected chi connectivity index (χ1v) is 32.7. The number of anilines is 1. The van der Waals surface area contributed by atoms with E-state index in [1.807, 2.05) is 99.6 Å². The minimum absolute atomic E-state index is 0.0216. The van der Waals surface area contributed by atoms with Crippen LogP contribution in [0.2, 0.25) is 5.02 Å². The zero-order chi connectivity index (χ0) is 57.4. The Bertz CT molecular complexity index is 3110. The van der Waals surface area contributed by atoms with Crippen molar-refractivity contribution in [2.75, 3.05) is 62.6 Å². The molecule has 0 saturated carbocycles. The fraction of sp³-hybridized carbons (Fsp3) is 0.475. The Morgan fingerprint density at radius 3 is 2.14 bits per heavy atom. The van der Waals surface area contributed by atoms with Gasteiger partial charge in [0.15, 0.2) is 22.4 Å². The van der Waals surface area contributed by atoms with Crippen molar-refractivity contribution in [1.82, 2.24) is 4.90 Å². The summed E-state index contributed by atoms with van der Waals surface area (Å²) in [7, 11) is -14.4. The Labute approximate surface area is 474 Å². The van der Waals surface area contributed by atoms with Crippen molar-refractivity contribution in [3.05, 3.63) is 143 Å². The highest BCUT2D eigenvalue weighted by atomic mass is 35.5. The van der Waals surface area contributed by atoms with Crippen molar-refractivity contribution in [3.63, 3.8) is 0 Å². The summed E-state index contributed by atoms with van der Waals surface area (Å²) in [5.41, 5.74) is -2.98. The van der Waals surface area contributed by atoms with Crippen LogP contribution in [0.3, 0.4) is 0 Å².